The average molecular weight is 1240 g/mol. The Bertz CT molecular complexity index is 1360. The third kappa shape index (κ3) is 62.5. The van der Waals surface area contributed by atoms with Gasteiger partial charge in [-0.15, -0.1) is 0 Å². The van der Waals surface area contributed by atoms with Crippen molar-refractivity contribution in [2.24, 2.45) is 23.7 Å². The number of carboxylic acid groups (broad SMARTS) is 1. The van der Waals surface area contributed by atoms with E-state index in [1.54, 1.807) is 0 Å². The molecule has 524 valence electrons. The molecule has 1 fully saturated rings. The van der Waals surface area contributed by atoms with Crippen molar-refractivity contribution in [1.82, 2.24) is 0 Å². The van der Waals surface area contributed by atoms with Crippen LogP contribution in [0, 0.1) is 23.7 Å². The van der Waals surface area contributed by atoms with E-state index in [4.69, 9.17) is 0 Å². The molecule has 0 aliphatic heterocycles. The molecule has 0 saturated heterocycles. The Morgan fingerprint density at radius 2 is 0.489 bits per heavy atom. The maximum absolute atomic E-state index is 12.7. The third-order valence-corrected chi connectivity index (χ3v) is 21.6. The second kappa shape index (κ2) is 70.4. The van der Waals surface area contributed by atoms with Gasteiger partial charge in [-0.05, 0) is 43.9 Å². The lowest BCUT2D eigenvalue weighted by Crippen LogP contribution is -2.28. The van der Waals surface area contributed by atoms with Crippen LogP contribution in [-0.4, -0.2) is 28.1 Å². The molecule has 5 unspecified atom stereocenters. The number of rotatable bonds is 78. The van der Waals surface area contributed by atoms with Crippen LogP contribution in [-0.2, 0) is 9.59 Å². The molecule has 0 aromatic heterocycles. The van der Waals surface area contributed by atoms with E-state index in [1.165, 1.54) is 417 Å². The standard InChI is InChI=1S/C84H164O4/c1-4-6-8-10-12-14-16-18-20-22-23-24-25-26-27-31-38-44-50-56-62-68-74-81(84(87)88)83(86)76-70-64-58-52-46-40-32-28-30-36-42-48-54-60-66-72-79-77-80(79)73-67-61-55-49-43-37-33-34-39-45-51-57-63-69-75-82(85)78(3)71-65-59-53-47-41-35-29-21-19-17-15-13-11-9-7-5-2/h78-81,83,86H,4-77H2,1-3H3,(H,87,88). The van der Waals surface area contributed by atoms with Crippen LogP contribution < -0.4 is 0 Å². The van der Waals surface area contributed by atoms with Crippen molar-refractivity contribution in [3.8, 4) is 0 Å². The molecule has 2 N–H and O–H groups in total. The average Bonchev–Trinajstić information content (AvgIpc) is 4.35. The molecule has 4 nitrogen and oxygen atoms in total. The number of unbranched alkanes of at least 4 members (excludes halogenated alkanes) is 63. The smallest absolute Gasteiger partial charge is 0.309 e. The van der Waals surface area contributed by atoms with E-state index < -0.39 is 18.0 Å². The van der Waals surface area contributed by atoms with E-state index in [1.807, 2.05) is 0 Å². The van der Waals surface area contributed by atoms with E-state index in [9.17, 15) is 19.8 Å². The van der Waals surface area contributed by atoms with Crippen LogP contribution in [0.15, 0.2) is 0 Å². The summed E-state index contributed by atoms with van der Waals surface area (Å²) in [6.45, 7) is 6.79. The van der Waals surface area contributed by atoms with Crippen molar-refractivity contribution < 1.29 is 19.8 Å². The summed E-state index contributed by atoms with van der Waals surface area (Å²) in [6.07, 6.45) is 99.4. The number of aliphatic hydroxyl groups excluding tert-OH is 1. The summed E-state index contributed by atoms with van der Waals surface area (Å²) in [7, 11) is 0. The first-order valence-electron chi connectivity index (χ1n) is 41.8. The molecular formula is C84H164O4. The molecule has 0 aromatic carbocycles. The summed E-state index contributed by atoms with van der Waals surface area (Å²) < 4.78 is 0. The van der Waals surface area contributed by atoms with Gasteiger partial charge in [-0.3, -0.25) is 9.59 Å². The maximum atomic E-state index is 12.7. The van der Waals surface area contributed by atoms with Gasteiger partial charge in [0.05, 0.1) is 12.0 Å². The summed E-state index contributed by atoms with van der Waals surface area (Å²) in [5.41, 5.74) is 0. The highest BCUT2D eigenvalue weighted by Gasteiger charge is 2.35. The van der Waals surface area contributed by atoms with E-state index >= 15 is 0 Å². The SMILES string of the molecule is CCCCCCCCCCCCCCCCCCCCCCCCC(C(=O)O)C(O)CCCCCCCCCCCCCCCCCC1CC1CCCCCCCCCCCCCCCCC(=O)C(C)CCCCCCCCCCCCCCCCCC. The Labute approximate surface area is 554 Å². The van der Waals surface area contributed by atoms with Gasteiger partial charge in [0.1, 0.15) is 5.78 Å². The van der Waals surface area contributed by atoms with E-state index in [0.29, 0.717) is 18.6 Å². The fourth-order valence-electron chi connectivity index (χ4n) is 15.0. The van der Waals surface area contributed by atoms with Crippen LogP contribution in [0.25, 0.3) is 0 Å². The fraction of sp³-hybridized carbons (Fsp3) is 0.976. The number of carboxylic acids is 1. The minimum absolute atomic E-state index is 0.281. The van der Waals surface area contributed by atoms with Gasteiger partial charge in [-0.2, -0.15) is 0 Å². The lowest BCUT2D eigenvalue weighted by Gasteiger charge is -2.19. The number of carbonyl (C=O) groups excluding carboxylic acids is 1. The maximum Gasteiger partial charge on any atom is 0.309 e. The Balaban J connectivity index is 1.75. The number of ketones is 1. The van der Waals surface area contributed by atoms with Crippen molar-refractivity contribution in [3.05, 3.63) is 0 Å². The summed E-state index contributed by atoms with van der Waals surface area (Å²) in [4.78, 5) is 24.7. The summed E-state index contributed by atoms with van der Waals surface area (Å²) in [5, 5.41) is 20.6. The topological polar surface area (TPSA) is 74.6 Å². The van der Waals surface area contributed by atoms with Crippen molar-refractivity contribution in [2.45, 2.75) is 502 Å². The second-order valence-corrected chi connectivity index (χ2v) is 30.3. The Hall–Kier alpha value is -0.900. The predicted octanol–water partition coefficient (Wildman–Crippen LogP) is 29.4. The predicted molar refractivity (Wildman–Crippen MR) is 391 cm³/mol. The Morgan fingerprint density at radius 1 is 0.284 bits per heavy atom. The Kier molecular flexibility index (Phi) is 68.1. The molecule has 0 spiro atoms. The molecule has 0 radical (unpaired) electrons. The van der Waals surface area contributed by atoms with Gasteiger partial charge in [0.25, 0.3) is 0 Å². The van der Waals surface area contributed by atoms with Gasteiger partial charge >= 0.3 is 5.97 Å². The second-order valence-electron chi connectivity index (χ2n) is 30.3. The molecule has 0 amide bonds. The zero-order valence-electron chi connectivity index (χ0n) is 60.9. The molecular weight excluding hydrogens is 1070 g/mol. The van der Waals surface area contributed by atoms with Crippen LogP contribution in [0.3, 0.4) is 0 Å². The van der Waals surface area contributed by atoms with E-state index in [2.05, 4.69) is 20.8 Å². The molecule has 1 aliphatic rings. The van der Waals surface area contributed by atoms with Crippen LogP contribution >= 0.6 is 0 Å². The lowest BCUT2D eigenvalue weighted by atomic mass is 9.91. The van der Waals surface area contributed by atoms with Crippen molar-refractivity contribution in [3.63, 3.8) is 0 Å². The summed E-state index contributed by atoms with van der Waals surface area (Å²) in [5.74, 6) is 1.59. The van der Waals surface area contributed by atoms with Gasteiger partial charge in [0, 0.05) is 12.3 Å². The molecule has 1 saturated carbocycles. The quantitative estimate of drug-likeness (QED) is 0.0595. The number of hydrogen-bond acceptors (Lipinski definition) is 3. The number of aliphatic hydroxyl groups is 1. The highest BCUT2D eigenvalue weighted by molar-refractivity contribution is 5.80. The summed E-state index contributed by atoms with van der Waals surface area (Å²) in [6, 6.07) is 0. The molecule has 0 bridgehead atoms. The highest BCUT2D eigenvalue weighted by Crippen LogP contribution is 2.46. The molecule has 1 rings (SSSR count). The molecule has 5 atom stereocenters. The fourth-order valence-corrected chi connectivity index (χ4v) is 15.0. The van der Waals surface area contributed by atoms with Crippen LogP contribution in [0.4, 0.5) is 0 Å². The van der Waals surface area contributed by atoms with E-state index in [-0.39, 0.29) is 5.92 Å². The minimum Gasteiger partial charge on any atom is -0.481 e. The lowest BCUT2D eigenvalue weighted by molar-refractivity contribution is -0.146. The molecule has 0 heterocycles. The van der Waals surface area contributed by atoms with Gasteiger partial charge in [0.2, 0.25) is 0 Å². The van der Waals surface area contributed by atoms with Crippen LogP contribution in [0.5, 0.6) is 0 Å². The minimum atomic E-state index is -0.800. The number of Topliss-reactive ketones (excluding diaryl/α,β-unsaturated/α-hetero) is 1. The van der Waals surface area contributed by atoms with Gasteiger partial charge in [-0.1, -0.05) is 457 Å². The molecule has 0 aromatic rings. The monoisotopic (exact) mass is 1240 g/mol. The van der Waals surface area contributed by atoms with Crippen LogP contribution in [0.2, 0.25) is 0 Å². The zero-order chi connectivity index (χ0) is 63.4. The van der Waals surface area contributed by atoms with Gasteiger partial charge in [-0.25, -0.2) is 0 Å². The molecule has 88 heavy (non-hydrogen) atoms. The first-order valence-corrected chi connectivity index (χ1v) is 41.8. The van der Waals surface area contributed by atoms with Gasteiger partial charge < -0.3 is 10.2 Å². The first-order chi connectivity index (χ1) is 43.4. The first kappa shape index (κ1) is 85.1. The zero-order valence-corrected chi connectivity index (χ0v) is 60.9. The number of aliphatic carboxylic acids is 1. The molecule has 4 heteroatoms. The van der Waals surface area contributed by atoms with E-state index in [0.717, 1.165) is 56.8 Å². The molecule has 1 aliphatic carbocycles. The summed E-state index contributed by atoms with van der Waals surface area (Å²) >= 11 is 0. The highest BCUT2D eigenvalue weighted by atomic mass is 16.4. The number of carbonyl (C=O) groups is 2. The van der Waals surface area contributed by atoms with Crippen LogP contribution in [0.1, 0.15) is 496 Å². The van der Waals surface area contributed by atoms with Crippen molar-refractivity contribution in [2.75, 3.05) is 0 Å². The third-order valence-electron chi connectivity index (χ3n) is 21.6. The van der Waals surface area contributed by atoms with Gasteiger partial charge in [0.15, 0.2) is 0 Å². The number of hydrogen-bond donors (Lipinski definition) is 2. The Morgan fingerprint density at radius 3 is 0.739 bits per heavy atom. The largest absolute Gasteiger partial charge is 0.481 e. The normalized spacial score (nSPS) is 15.1. The van der Waals surface area contributed by atoms with Crippen molar-refractivity contribution in [1.29, 1.82) is 0 Å². The van der Waals surface area contributed by atoms with Crippen molar-refractivity contribution >= 4 is 11.8 Å².